The van der Waals surface area contributed by atoms with E-state index in [9.17, 15) is 19.2 Å². The number of amides is 2. The van der Waals surface area contributed by atoms with E-state index in [0.29, 0.717) is 0 Å². The molecule has 0 saturated heterocycles. The summed E-state index contributed by atoms with van der Waals surface area (Å²) in [4.78, 5) is 44.0. The number of carbonyl (C=O) groups is 2. The quantitative estimate of drug-likeness (QED) is 0.431. The Morgan fingerprint density at radius 2 is 2.11 bits per heavy atom. The first-order chi connectivity index (χ1) is 8.40. The largest absolute Gasteiger partial charge is 0.381 e. The van der Waals surface area contributed by atoms with Crippen molar-refractivity contribution >= 4 is 11.8 Å². The molecule has 9 nitrogen and oxygen atoms in total. The maximum atomic E-state index is 11.3. The van der Waals surface area contributed by atoms with Gasteiger partial charge in [0.15, 0.2) is 0 Å². The minimum absolute atomic E-state index is 0.361. The Morgan fingerprint density at radius 1 is 1.44 bits per heavy atom. The van der Waals surface area contributed by atoms with Crippen molar-refractivity contribution in [2.45, 2.75) is 12.6 Å². The Kier molecular flexibility index (Phi) is 4.38. The molecule has 1 rings (SSSR count). The van der Waals surface area contributed by atoms with Crippen LogP contribution in [0.25, 0.3) is 0 Å². The molecule has 0 bridgehead atoms. The molecule has 5 N–H and O–H groups in total. The van der Waals surface area contributed by atoms with E-state index in [1.54, 1.807) is 0 Å². The van der Waals surface area contributed by atoms with E-state index in [1.807, 2.05) is 0 Å². The van der Waals surface area contributed by atoms with Gasteiger partial charge in [-0.2, -0.15) is 0 Å². The van der Waals surface area contributed by atoms with Gasteiger partial charge >= 0.3 is 0 Å². The molecule has 98 valence electrons. The van der Waals surface area contributed by atoms with Crippen LogP contribution >= 0.6 is 0 Å². The number of aliphatic hydroxyl groups is 1. The fourth-order valence-electron chi connectivity index (χ4n) is 1.09. The number of aliphatic hydroxyl groups excluding tert-OH is 1. The summed E-state index contributed by atoms with van der Waals surface area (Å²) in [7, 11) is 0. The summed E-state index contributed by atoms with van der Waals surface area (Å²) >= 11 is 0. The van der Waals surface area contributed by atoms with Crippen LogP contribution in [0.4, 0.5) is 0 Å². The number of rotatable bonds is 5. The molecule has 0 aliphatic carbocycles. The first kappa shape index (κ1) is 13.6. The summed E-state index contributed by atoms with van der Waals surface area (Å²) in [6, 6.07) is 2.05. The number of carbonyl (C=O) groups excluding carboxylic acids is 2. The lowest BCUT2D eigenvalue weighted by Gasteiger charge is -2.09. The number of hydrogen-bond donors (Lipinski definition) is 4. The molecule has 0 aliphatic heterocycles. The van der Waals surface area contributed by atoms with Gasteiger partial charge in [0.1, 0.15) is 12.6 Å². The SMILES string of the molecule is NC(=O)C(O)CNC(=O)Cn1[nH]c(=O)ccc1=O. The van der Waals surface area contributed by atoms with Gasteiger partial charge in [0.05, 0.1) is 6.54 Å². The lowest BCUT2D eigenvalue weighted by molar-refractivity contribution is -0.127. The summed E-state index contributed by atoms with van der Waals surface area (Å²) in [5.41, 5.74) is 3.69. The van der Waals surface area contributed by atoms with Gasteiger partial charge in [-0.25, -0.2) is 4.68 Å². The second-order valence-electron chi connectivity index (χ2n) is 3.46. The molecule has 1 aromatic heterocycles. The summed E-state index contributed by atoms with van der Waals surface area (Å²) in [5, 5.41) is 13.4. The van der Waals surface area contributed by atoms with Crippen LogP contribution in [0.15, 0.2) is 21.7 Å². The monoisotopic (exact) mass is 256 g/mol. The minimum atomic E-state index is -1.50. The Labute approximate surface area is 100 Å². The Hall–Kier alpha value is -2.42. The van der Waals surface area contributed by atoms with Crippen molar-refractivity contribution < 1.29 is 14.7 Å². The molecule has 0 spiro atoms. The van der Waals surface area contributed by atoms with Crippen molar-refractivity contribution in [1.82, 2.24) is 15.1 Å². The van der Waals surface area contributed by atoms with Gasteiger partial charge in [0, 0.05) is 12.1 Å². The number of aromatic amines is 1. The van der Waals surface area contributed by atoms with Gasteiger partial charge in [-0.1, -0.05) is 0 Å². The second kappa shape index (κ2) is 5.77. The predicted octanol–water partition coefficient (Wildman–Crippen LogP) is -3.50. The molecule has 2 amide bonds. The second-order valence-corrected chi connectivity index (χ2v) is 3.46. The molecule has 1 unspecified atom stereocenters. The van der Waals surface area contributed by atoms with Crippen molar-refractivity contribution in [3.63, 3.8) is 0 Å². The zero-order chi connectivity index (χ0) is 13.7. The highest BCUT2D eigenvalue weighted by atomic mass is 16.3. The maximum absolute atomic E-state index is 11.3. The van der Waals surface area contributed by atoms with E-state index in [0.717, 1.165) is 16.8 Å². The molecule has 0 fully saturated rings. The molecule has 1 heterocycles. The lowest BCUT2D eigenvalue weighted by atomic mass is 10.3. The molecule has 0 saturated carbocycles. The van der Waals surface area contributed by atoms with Crippen LogP contribution in [0.2, 0.25) is 0 Å². The Balaban J connectivity index is 2.60. The van der Waals surface area contributed by atoms with Crippen LogP contribution in [0, 0.1) is 0 Å². The number of aromatic nitrogens is 2. The van der Waals surface area contributed by atoms with E-state index in [-0.39, 0.29) is 6.54 Å². The maximum Gasteiger partial charge on any atom is 0.265 e. The van der Waals surface area contributed by atoms with Crippen LogP contribution < -0.4 is 22.2 Å². The number of primary amides is 1. The molecule has 0 aliphatic rings. The standard InChI is InChI=1S/C9H12N4O5/c10-9(18)5(14)3-11-7(16)4-13-8(17)2-1-6(15)12-13/h1-2,5,14H,3-4H2,(H2,10,18)(H,11,16)(H,12,15). The van der Waals surface area contributed by atoms with Gasteiger partial charge in [0.2, 0.25) is 11.8 Å². The summed E-state index contributed by atoms with van der Waals surface area (Å²) in [6.07, 6.45) is -1.50. The van der Waals surface area contributed by atoms with Gasteiger partial charge in [-0.15, -0.1) is 0 Å². The van der Waals surface area contributed by atoms with Crippen molar-refractivity contribution in [1.29, 1.82) is 0 Å². The molecule has 1 atom stereocenters. The minimum Gasteiger partial charge on any atom is -0.381 e. The highest BCUT2D eigenvalue weighted by Crippen LogP contribution is 1.79. The topological polar surface area (TPSA) is 147 Å². The van der Waals surface area contributed by atoms with Gasteiger partial charge in [-0.05, 0) is 0 Å². The molecule has 1 aromatic rings. The van der Waals surface area contributed by atoms with Crippen molar-refractivity contribution in [2.24, 2.45) is 5.73 Å². The van der Waals surface area contributed by atoms with E-state index in [1.165, 1.54) is 0 Å². The van der Waals surface area contributed by atoms with E-state index in [2.05, 4.69) is 10.4 Å². The molecule has 0 radical (unpaired) electrons. The first-order valence-electron chi connectivity index (χ1n) is 4.94. The number of nitrogens with two attached hydrogens (primary N) is 1. The predicted molar refractivity (Wildman–Crippen MR) is 59.5 cm³/mol. The molecule has 9 heteroatoms. The third-order valence-corrected chi connectivity index (χ3v) is 2.01. The zero-order valence-corrected chi connectivity index (χ0v) is 9.25. The third kappa shape index (κ3) is 3.87. The van der Waals surface area contributed by atoms with Crippen LogP contribution in [-0.4, -0.2) is 39.4 Å². The number of H-pyrrole nitrogens is 1. The fourth-order valence-corrected chi connectivity index (χ4v) is 1.09. The number of nitrogens with zero attached hydrogens (tertiary/aromatic N) is 1. The normalized spacial score (nSPS) is 11.8. The zero-order valence-electron chi connectivity index (χ0n) is 9.25. The summed E-state index contributed by atoms with van der Waals surface area (Å²) < 4.78 is 0.800. The first-order valence-corrected chi connectivity index (χ1v) is 4.94. The van der Waals surface area contributed by atoms with E-state index < -0.39 is 35.6 Å². The lowest BCUT2D eigenvalue weighted by Crippen LogP contribution is -2.42. The van der Waals surface area contributed by atoms with E-state index >= 15 is 0 Å². The van der Waals surface area contributed by atoms with Gasteiger partial charge in [0.25, 0.3) is 11.1 Å². The molecular formula is C9H12N4O5. The summed E-state index contributed by atoms with van der Waals surface area (Å²) in [6.45, 7) is -0.791. The van der Waals surface area contributed by atoms with Gasteiger partial charge < -0.3 is 16.2 Å². The average Bonchev–Trinajstić information content (AvgIpc) is 2.30. The fraction of sp³-hybridized carbons (Fsp3) is 0.333. The average molecular weight is 256 g/mol. The van der Waals surface area contributed by atoms with Crippen LogP contribution in [-0.2, 0) is 16.1 Å². The van der Waals surface area contributed by atoms with Crippen LogP contribution in [0.3, 0.4) is 0 Å². The smallest absolute Gasteiger partial charge is 0.265 e. The number of hydrogen-bond acceptors (Lipinski definition) is 5. The van der Waals surface area contributed by atoms with Crippen LogP contribution in [0.5, 0.6) is 0 Å². The Morgan fingerprint density at radius 3 is 2.72 bits per heavy atom. The van der Waals surface area contributed by atoms with Crippen molar-refractivity contribution in [3.8, 4) is 0 Å². The van der Waals surface area contributed by atoms with Crippen LogP contribution in [0.1, 0.15) is 0 Å². The highest BCUT2D eigenvalue weighted by Gasteiger charge is 2.12. The highest BCUT2D eigenvalue weighted by molar-refractivity contribution is 5.80. The molecular weight excluding hydrogens is 244 g/mol. The molecule has 18 heavy (non-hydrogen) atoms. The van der Waals surface area contributed by atoms with Crippen molar-refractivity contribution in [2.75, 3.05) is 6.54 Å². The van der Waals surface area contributed by atoms with E-state index in [4.69, 9.17) is 10.8 Å². The number of nitrogens with one attached hydrogen (secondary N) is 2. The van der Waals surface area contributed by atoms with Crippen molar-refractivity contribution in [3.05, 3.63) is 32.8 Å². The Bertz CT molecular complexity index is 561. The molecule has 0 aromatic carbocycles. The third-order valence-electron chi connectivity index (χ3n) is 2.01. The summed E-state index contributed by atoms with van der Waals surface area (Å²) in [5.74, 6) is -1.63. The van der Waals surface area contributed by atoms with Gasteiger partial charge in [-0.3, -0.25) is 24.3 Å².